The Labute approximate surface area is 215 Å². The van der Waals surface area contributed by atoms with Gasteiger partial charge in [0.05, 0.1) is 24.0 Å². The Hall–Kier alpha value is -3.70. The quantitative estimate of drug-likeness (QED) is 0.257. The van der Waals surface area contributed by atoms with Crippen LogP contribution in [-0.2, 0) is 18.4 Å². The van der Waals surface area contributed by atoms with E-state index in [1.807, 2.05) is 60.7 Å². The molecule has 1 spiro atoms. The Morgan fingerprint density at radius 3 is 2.47 bits per heavy atom. The maximum Gasteiger partial charge on any atom is 0.259 e. The van der Waals surface area contributed by atoms with E-state index in [0.29, 0.717) is 17.5 Å². The molecule has 0 atom stereocenters. The van der Waals surface area contributed by atoms with Gasteiger partial charge in [-0.15, -0.1) is 0 Å². The van der Waals surface area contributed by atoms with Gasteiger partial charge in [-0.25, -0.2) is 10.4 Å². The largest absolute Gasteiger partial charge is 0.273 e. The number of aromatic nitrogens is 2. The van der Waals surface area contributed by atoms with Crippen LogP contribution in [0.5, 0.6) is 0 Å². The van der Waals surface area contributed by atoms with Gasteiger partial charge in [-0.2, -0.15) is 5.10 Å². The minimum atomic E-state index is -0.142. The van der Waals surface area contributed by atoms with Crippen molar-refractivity contribution in [2.24, 2.45) is 5.10 Å². The first kappa shape index (κ1) is 22.7. The van der Waals surface area contributed by atoms with Crippen LogP contribution in [0, 0.1) is 0 Å². The highest BCUT2D eigenvalue weighted by atomic mass is 35.5. The molecule has 0 aliphatic heterocycles. The van der Waals surface area contributed by atoms with Gasteiger partial charge in [-0.1, -0.05) is 91.2 Å². The SMILES string of the molecule is O=c1c2c(nc(NN=Cc3ccc(Cl)cc3)n1Cc1ccccc1)-c1ccccc1CC21CCCC1. The smallest absolute Gasteiger partial charge is 0.259 e. The summed E-state index contributed by atoms with van der Waals surface area (Å²) in [7, 11) is 0. The van der Waals surface area contributed by atoms with Crippen molar-refractivity contribution in [3.05, 3.63) is 116 Å². The first-order valence-corrected chi connectivity index (χ1v) is 12.8. The summed E-state index contributed by atoms with van der Waals surface area (Å²) >= 11 is 6.01. The van der Waals surface area contributed by atoms with Crippen LogP contribution in [0.15, 0.2) is 88.8 Å². The molecule has 6 rings (SSSR count). The molecule has 4 aromatic rings. The number of nitrogens with zero attached hydrogens (tertiary/aromatic N) is 3. The van der Waals surface area contributed by atoms with Gasteiger partial charge >= 0.3 is 0 Å². The monoisotopic (exact) mass is 494 g/mol. The van der Waals surface area contributed by atoms with Crippen LogP contribution in [0.3, 0.4) is 0 Å². The fourth-order valence-corrected chi connectivity index (χ4v) is 5.90. The second-order valence-electron chi connectivity index (χ2n) is 9.78. The third-order valence-electron chi connectivity index (χ3n) is 7.49. The Kier molecular flexibility index (Phi) is 5.94. The zero-order valence-electron chi connectivity index (χ0n) is 20.0. The molecule has 36 heavy (non-hydrogen) atoms. The predicted octanol–water partition coefficient (Wildman–Crippen LogP) is 6.43. The Morgan fingerprint density at radius 2 is 1.69 bits per heavy atom. The normalized spacial score (nSPS) is 15.7. The van der Waals surface area contributed by atoms with E-state index in [1.165, 1.54) is 5.56 Å². The zero-order valence-corrected chi connectivity index (χ0v) is 20.7. The summed E-state index contributed by atoms with van der Waals surface area (Å²) in [5.74, 6) is 0.442. The van der Waals surface area contributed by atoms with Crippen LogP contribution in [0.2, 0.25) is 5.02 Å². The summed E-state index contributed by atoms with van der Waals surface area (Å²) in [6, 6.07) is 25.9. The zero-order chi connectivity index (χ0) is 24.5. The molecular weight excluding hydrogens is 468 g/mol. The molecule has 1 N–H and O–H groups in total. The molecule has 0 radical (unpaired) electrons. The lowest BCUT2D eigenvalue weighted by Crippen LogP contribution is -2.40. The molecule has 1 saturated carbocycles. The third kappa shape index (κ3) is 4.14. The molecule has 0 saturated heterocycles. The lowest BCUT2D eigenvalue weighted by molar-refractivity contribution is 0.422. The van der Waals surface area contributed by atoms with Gasteiger partial charge in [0.1, 0.15) is 0 Å². The van der Waals surface area contributed by atoms with Gasteiger partial charge in [0, 0.05) is 16.0 Å². The van der Waals surface area contributed by atoms with Crippen LogP contribution in [0.4, 0.5) is 5.95 Å². The van der Waals surface area contributed by atoms with Crippen molar-refractivity contribution in [1.82, 2.24) is 9.55 Å². The molecule has 0 amide bonds. The fraction of sp³-hybridized carbons (Fsp3) is 0.233. The van der Waals surface area contributed by atoms with Crippen molar-refractivity contribution in [3.63, 3.8) is 0 Å². The summed E-state index contributed by atoms with van der Waals surface area (Å²) in [6.45, 7) is 0.427. The molecule has 1 aromatic heterocycles. The van der Waals surface area contributed by atoms with E-state index < -0.39 is 0 Å². The first-order valence-electron chi connectivity index (χ1n) is 12.5. The molecule has 0 bridgehead atoms. The first-order chi connectivity index (χ1) is 17.6. The standard InChI is InChI=1S/C30H27ClN4O/c31-24-14-12-21(13-15-24)19-32-34-29-33-27-25-11-5-4-10-23(25)18-30(16-6-7-17-30)26(27)28(36)35(29)20-22-8-2-1-3-9-22/h1-5,8-15,19H,6-7,16-18,20H2,(H,33,34). The van der Waals surface area contributed by atoms with Crippen LogP contribution in [0.25, 0.3) is 11.3 Å². The summed E-state index contributed by atoms with van der Waals surface area (Å²) in [4.78, 5) is 19.4. The molecule has 2 aliphatic carbocycles. The van der Waals surface area contributed by atoms with E-state index >= 15 is 0 Å². The van der Waals surface area contributed by atoms with Crippen molar-refractivity contribution in [1.29, 1.82) is 0 Å². The summed E-state index contributed by atoms with van der Waals surface area (Å²) in [6.07, 6.45) is 6.95. The molecule has 1 heterocycles. The minimum absolute atomic E-state index is 0.0319. The molecule has 5 nitrogen and oxygen atoms in total. The van der Waals surface area contributed by atoms with Crippen LogP contribution in [-0.4, -0.2) is 15.8 Å². The second-order valence-corrected chi connectivity index (χ2v) is 10.2. The fourth-order valence-electron chi connectivity index (χ4n) is 5.78. The highest BCUT2D eigenvalue weighted by molar-refractivity contribution is 6.30. The van der Waals surface area contributed by atoms with E-state index in [4.69, 9.17) is 16.6 Å². The van der Waals surface area contributed by atoms with Crippen LogP contribution >= 0.6 is 11.6 Å². The van der Waals surface area contributed by atoms with Gasteiger partial charge in [0.15, 0.2) is 0 Å². The Balaban J connectivity index is 1.50. The number of hydrogen-bond acceptors (Lipinski definition) is 4. The maximum absolute atomic E-state index is 14.3. The number of fused-ring (bicyclic) bond motifs is 4. The van der Waals surface area contributed by atoms with E-state index in [0.717, 1.165) is 60.1 Å². The molecule has 180 valence electrons. The lowest BCUT2D eigenvalue weighted by atomic mass is 9.68. The average Bonchev–Trinajstić information content (AvgIpc) is 3.36. The van der Waals surface area contributed by atoms with Gasteiger partial charge in [0.2, 0.25) is 5.95 Å². The molecule has 2 aliphatic rings. The van der Waals surface area contributed by atoms with Gasteiger partial charge in [-0.05, 0) is 48.1 Å². The van der Waals surface area contributed by atoms with E-state index in [1.54, 1.807) is 10.8 Å². The summed E-state index contributed by atoms with van der Waals surface area (Å²) in [5.41, 5.74) is 8.93. The molecule has 1 fully saturated rings. The van der Waals surface area contributed by atoms with Crippen molar-refractivity contribution in [2.75, 3.05) is 5.43 Å². The molecule has 0 unspecified atom stereocenters. The highest BCUT2D eigenvalue weighted by Crippen LogP contribution is 2.49. The van der Waals surface area contributed by atoms with Crippen LogP contribution in [0.1, 0.15) is 47.9 Å². The molecule has 6 heteroatoms. The minimum Gasteiger partial charge on any atom is -0.273 e. The topological polar surface area (TPSA) is 59.3 Å². The number of hydrazone groups is 1. The number of hydrogen-bond donors (Lipinski definition) is 1. The second kappa shape index (κ2) is 9.40. The number of nitrogens with one attached hydrogen (secondary N) is 1. The highest BCUT2D eigenvalue weighted by Gasteiger charge is 2.44. The summed E-state index contributed by atoms with van der Waals surface area (Å²) < 4.78 is 1.75. The predicted molar refractivity (Wildman–Crippen MR) is 146 cm³/mol. The van der Waals surface area contributed by atoms with Crippen LogP contribution < -0.4 is 11.0 Å². The average molecular weight is 495 g/mol. The van der Waals surface area contributed by atoms with E-state index in [9.17, 15) is 4.79 Å². The third-order valence-corrected chi connectivity index (χ3v) is 7.75. The van der Waals surface area contributed by atoms with Gasteiger partial charge in [0.25, 0.3) is 5.56 Å². The van der Waals surface area contributed by atoms with Gasteiger partial charge in [-0.3, -0.25) is 9.36 Å². The van der Waals surface area contributed by atoms with E-state index in [2.05, 4.69) is 28.7 Å². The van der Waals surface area contributed by atoms with Crippen molar-refractivity contribution in [2.45, 2.75) is 44.1 Å². The molecule has 3 aromatic carbocycles. The molecular formula is C30H27ClN4O. The summed E-state index contributed by atoms with van der Waals surface area (Å²) in [5, 5.41) is 5.11. The van der Waals surface area contributed by atoms with Crippen molar-refractivity contribution in [3.8, 4) is 11.3 Å². The van der Waals surface area contributed by atoms with Crippen molar-refractivity contribution < 1.29 is 0 Å². The van der Waals surface area contributed by atoms with Gasteiger partial charge < -0.3 is 0 Å². The number of anilines is 1. The maximum atomic E-state index is 14.3. The number of rotatable bonds is 5. The number of benzene rings is 3. The number of halogens is 1. The van der Waals surface area contributed by atoms with E-state index in [-0.39, 0.29) is 11.0 Å². The Bertz CT molecular complexity index is 1490. The lowest BCUT2D eigenvalue weighted by Gasteiger charge is -2.36. The Morgan fingerprint density at radius 1 is 0.972 bits per heavy atom. The van der Waals surface area contributed by atoms with Crippen molar-refractivity contribution >= 4 is 23.8 Å².